The van der Waals surface area contributed by atoms with Gasteiger partial charge in [-0.3, -0.25) is 0 Å². The number of esters is 1. The quantitative estimate of drug-likeness (QED) is 0.162. The fraction of sp³-hybridized carbons (Fsp3) is 0.424. The molecule has 1 aliphatic rings. The van der Waals surface area contributed by atoms with E-state index in [1.54, 1.807) is 30.3 Å². The van der Waals surface area contributed by atoms with E-state index in [1.807, 2.05) is 30.3 Å². The molecule has 4 rings (SSSR count). The van der Waals surface area contributed by atoms with Crippen LogP contribution < -0.4 is 4.74 Å². The third kappa shape index (κ3) is 6.84. The smallest absolute Gasteiger partial charge is 0.343 e. The van der Waals surface area contributed by atoms with Gasteiger partial charge < -0.3 is 4.74 Å². The van der Waals surface area contributed by atoms with Crippen molar-refractivity contribution in [2.45, 2.75) is 84.0 Å². The molecule has 3 heteroatoms. The van der Waals surface area contributed by atoms with Gasteiger partial charge in [-0.15, -0.1) is 0 Å². The number of hydrogen-bond donors (Lipinski definition) is 0. The Hall–Kier alpha value is -2.94. The Morgan fingerprint density at radius 2 is 1.58 bits per heavy atom. The molecular formula is C33H39FO2. The molecule has 3 aromatic rings. The monoisotopic (exact) mass is 486 g/mol. The Bertz CT molecular complexity index is 1110. The Labute approximate surface area is 215 Å². The summed E-state index contributed by atoms with van der Waals surface area (Å²) in [4.78, 5) is 12.6. The van der Waals surface area contributed by atoms with E-state index >= 15 is 4.39 Å². The van der Waals surface area contributed by atoms with Crippen molar-refractivity contribution in [1.29, 1.82) is 0 Å². The van der Waals surface area contributed by atoms with Gasteiger partial charge in [0.05, 0.1) is 5.56 Å². The second kappa shape index (κ2) is 12.9. The van der Waals surface area contributed by atoms with Gasteiger partial charge in [0, 0.05) is 5.56 Å². The molecule has 1 saturated carbocycles. The first-order valence-electron chi connectivity index (χ1n) is 13.8. The zero-order valence-electron chi connectivity index (χ0n) is 21.8. The average Bonchev–Trinajstić information content (AvgIpc) is 2.90. The number of rotatable bonds is 10. The number of ether oxygens (including phenoxy) is 1. The van der Waals surface area contributed by atoms with Crippen LogP contribution in [0.4, 0.5) is 4.39 Å². The highest BCUT2D eigenvalue weighted by atomic mass is 19.1. The number of hydrogen-bond acceptors (Lipinski definition) is 2. The molecule has 2 nitrogen and oxygen atoms in total. The minimum Gasteiger partial charge on any atom is -0.423 e. The third-order valence-corrected chi connectivity index (χ3v) is 7.63. The van der Waals surface area contributed by atoms with E-state index < -0.39 is 5.97 Å². The molecular weight excluding hydrogens is 447 g/mol. The summed E-state index contributed by atoms with van der Waals surface area (Å²) in [6, 6.07) is 20.3. The van der Waals surface area contributed by atoms with Crippen LogP contribution in [0.25, 0.3) is 11.1 Å². The summed E-state index contributed by atoms with van der Waals surface area (Å²) in [5.41, 5.74) is 4.12. The van der Waals surface area contributed by atoms with Crippen LogP contribution in [0.1, 0.15) is 99.0 Å². The SMILES string of the molecule is CCCCC[C@H]1CC[C@H](c2ccc(-c3ccc(C(=O)Oc4ccc(CCC)cc4)cc3)c(F)c2)CC1. The maximum absolute atomic E-state index is 15.1. The summed E-state index contributed by atoms with van der Waals surface area (Å²) in [7, 11) is 0. The van der Waals surface area contributed by atoms with Gasteiger partial charge in [-0.1, -0.05) is 82.3 Å². The molecule has 0 saturated heterocycles. The zero-order valence-corrected chi connectivity index (χ0v) is 21.8. The van der Waals surface area contributed by atoms with Crippen LogP contribution in [0, 0.1) is 11.7 Å². The summed E-state index contributed by atoms with van der Waals surface area (Å²) in [5, 5.41) is 0. The molecule has 1 aliphatic carbocycles. The number of benzene rings is 3. The lowest BCUT2D eigenvalue weighted by Crippen LogP contribution is -2.13. The van der Waals surface area contributed by atoms with E-state index in [4.69, 9.17) is 4.74 Å². The first-order valence-corrected chi connectivity index (χ1v) is 13.8. The number of halogens is 1. The van der Waals surface area contributed by atoms with Crippen molar-refractivity contribution in [2.24, 2.45) is 5.92 Å². The second-order valence-electron chi connectivity index (χ2n) is 10.3. The van der Waals surface area contributed by atoms with Crippen LogP contribution in [0.2, 0.25) is 0 Å². The third-order valence-electron chi connectivity index (χ3n) is 7.63. The van der Waals surface area contributed by atoms with E-state index in [-0.39, 0.29) is 5.82 Å². The predicted molar refractivity (Wildman–Crippen MR) is 146 cm³/mol. The van der Waals surface area contributed by atoms with Crippen LogP contribution in [-0.4, -0.2) is 5.97 Å². The topological polar surface area (TPSA) is 26.3 Å². The van der Waals surface area contributed by atoms with Crippen molar-refractivity contribution >= 4 is 5.97 Å². The predicted octanol–water partition coefficient (Wildman–Crippen LogP) is 9.52. The van der Waals surface area contributed by atoms with Crippen LogP contribution in [0.15, 0.2) is 66.7 Å². The fourth-order valence-electron chi connectivity index (χ4n) is 5.45. The number of carbonyl (C=O) groups is 1. The molecule has 0 heterocycles. The fourth-order valence-corrected chi connectivity index (χ4v) is 5.45. The van der Waals surface area contributed by atoms with Crippen molar-refractivity contribution < 1.29 is 13.9 Å². The Morgan fingerprint density at radius 3 is 2.22 bits per heavy atom. The molecule has 1 fully saturated rings. The number of carbonyl (C=O) groups excluding carboxylic acids is 1. The minimum atomic E-state index is -0.411. The zero-order chi connectivity index (χ0) is 25.3. The molecule has 0 unspecified atom stereocenters. The minimum absolute atomic E-state index is 0.194. The first kappa shape index (κ1) is 26.1. The van der Waals surface area contributed by atoms with E-state index in [0.717, 1.165) is 42.7 Å². The molecule has 0 aliphatic heterocycles. The van der Waals surface area contributed by atoms with Crippen molar-refractivity contribution in [1.82, 2.24) is 0 Å². The van der Waals surface area contributed by atoms with Gasteiger partial charge in [0.15, 0.2) is 0 Å². The van der Waals surface area contributed by atoms with Crippen LogP contribution in [0.3, 0.4) is 0 Å². The standard InChI is InChI=1S/C33H39FO2/c1-3-5-6-8-25-9-13-26(14-10-25)29-19-22-31(32(34)23-29)27-15-17-28(18-16-27)33(35)36-30-20-11-24(7-4-2)12-21-30/h11-12,15-23,25-26H,3-10,13-14H2,1-2H3/t25-,26-. The normalized spacial score (nSPS) is 17.6. The number of unbranched alkanes of at least 4 members (excludes halogenated alkanes) is 2. The van der Waals surface area contributed by atoms with Crippen LogP contribution >= 0.6 is 0 Å². The molecule has 190 valence electrons. The molecule has 0 atom stereocenters. The van der Waals surface area contributed by atoms with Gasteiger partial charge in [0.2, 0.25) is 0 Å². The largest absolute Gasteiger partial charge is 0.423 e. The lowest BCUT2D eigenvalue weighted by Gasteiger charge is -2.29. The van der Waals surface area contributed by atoms with Gasteiger partial charge in [0.25, 0.3) is 0 Å². The highest BCUT2D eigenvalue weighted by molar-refractivity contribution is 5.91. The molecule has 36 heavy (non-hydrogen) atoms. The van der Waals surface area contributed by atoms with Gasteiger partial charge in [-0.2, -0.15) is 0 Å². The van der Waals surface area contributed by atoms with Crippen LogP contribution in [0.5, 0.6) is 5.75 Å². The van der Waals surface area contributed by atoms with E-state index in [0.29, 0.717) is 22.8 Å². The van der Waals surface area contributed by atoms with Gasteiger partial charge in [0.1, 0.15) is 11.6 Å². The molecule has 0 aromatic heterocycles. The van der Waals surface area contributed by atoms with Crippen molar-refractivity contribution in [2.75, 3.05) is 0 Å². The van der Waals surface area contributed by atoms with Gasteiger partial charge >= 0.3 is 5.97 Å². The molecule has 0 amide bonds. The maximum atomic E-state index is 15.1. The Kier molecular flexibility index (Phi) is 9.33. The Morgan fingerprint density at radius 1 is 0.861 bits per heavy atom. The van der Waals surface area contributed by atoms with Crippen molar-refractivity contribution in [3.63, 3.8) is 0 Å². The number of aryl methyl sites for hydroxylation is 1. The molecule has 0 radical (unpaired) electrons. The molecule has 0 N–H and O–H groups in total. The van der Waals surface area contributed by atoms with E-state index in [1.165, 1.54) is 44.1 Å². The van der Waals surface area contributed by atoms with Crippen LogP contribution in [-0.2, 0) is 6.42 Å². The Balaban J connectivity index is 1.35. The van der Waals surface area contributed by atoms with Gasteiger partial charge in [-0.25, -0.2) is 9.18 Å². The summed E-state index contributed by atoms with van der Waals surface area (Å²) in [5.74, 6) is 1.23. The first-order chi connectivity index (χ1) is 17.6. The lowest BCUT2D eigenvalue weighted by atomic mass is 9.77. The van der Waals surface area contributed by atoms with E-state index in [9.17, 15) is 4.79 Å². The van der Waals surface area contributed by atoms with Crippen molar-refractivity contribution in [3.8, 4) is 16.9 Å². The van der Waals surface area contributed by atoms with Crippen molar-refractivity contribution in [3.05, 3.63) is 89.2 Å². The molecule has 3 aromatic carbocycles. The summed E-state index contributed by atoms with van der Waals surface area (Å²) < 4.78 is 20.6. The van der Waals surface area contributed by atoms with Gasteiger partial charge in [-0.05, 0) is 91.0 Å². The molecule has 0 spiro atoms. The van der Waals surface area contributed by atoms with E-state index in [2.05, 4.69) is 19.9 Å². The molecule has 0 bridgehead atoms. The summed E-state index contributed by atoms with van der Waals surface area (Å²) in [6.07, 6.45) is 12.2. The maximum Gasteiger partial charge on any atom is 0.343 e. The highest BCUT2D eigenvalue weighted by Crippen LogP contribution is 2.39. The highest BCUT2D eigenvalue weighted by Gasteiger charge is 2.23. The second-order valence-corrected chi connectivity index (χ2v) is 10.3. The average molecular weight is 487 g/mol. The summed E-state index contributed by atoms with van der Waals surface area (Å²) in [6.45, 7) is 4.39. The summed E-state index contributed by atoms with van der Waals surface area (Å²) >= 11 is 0. The lowest BCUT2D eigenvalue weighted by molar-refractivity contribution is 0.0734.